The average molecular weight is 252 g/mol. The zero-order valence-electron chi connectivity index (χ0n) is 11.1. The molecule has 2 N–H and O–H groups in total. The van der Waals surface area contributed by atoms with Gasteiger partial charge in [-0.3, -0.25) is 4.90 Å². The van der Waals surface area contributed by atoms with Gasteiger partial charge in [-0.15, -0.1) is 0 Å². The van der Waals surface area contributed by atoms with Crippen molar-refractivity contribution in [3.63, 3.8) is 0 Å². The summed E-state index contributed by atoms with van der Waals surface area (Å²) in [5.41, 5.74) is 10.2. The Kier molecular flexibility index (Phi) is 3.62. The molecule has 2 aromatic carbocycles. The minimum atomic E-state index is 0.454. The molecule has 1 heterocycles. The number of benzene rings is 2. The van der Waals surface area contributed by atoms with Gasteiger partial charge in [0.2, 0.25) is 0 Å². The summed E-state index contributed by atoms with van der Waals surface area (Å²) in [7, 11) is 0. The lowest BCUT2D eigenvalue weighted by atomic mass is 9.93. The fourth-order valence-electron chi connectivity index (χ4n) is 2.88. The van der Waals surface area contributed by atoms with Crippen LogP contribution < -0.4 is 5.73 Å². The minimum Gasteiger partial charge on any atom is -0.329 e. The van der Waals surface area contributed by atoms with Gasteiger partial charge >= 0.3 is 0 Å². The first-order valence-corrected chi connectivity index (χ1v) is 6.91. The third kappa shape index (κ3) is 2.70. The van der Waals surface area contributed by atoms with Gasteiger partial charge in [-0.05, 0) is 23.1 Å². The number of nitrogens with two attached hydrogens (primary N) is 1. The van der Waals surface area contributed by atoms with Gasteiger partial charge in [-0.1, -0.05) is 54.6 Å². The molecule has 0 bridgehead atoms. The fourth-order valence-corrected chi connectivity index (χ4v) is 2.88. The van der Waals surface area contributed by atoms with Crippen LogP contribution in [0.15, 0.2) is 54.6 Å². The Hall–Kier alpha value is -1.64. The van der Waals surface area contributed by atoms with Crippen molar-refractivity contribution in [3.05, 3.63) is 71.3 Å². The maximum absolute atomic E-state index is 5.96. The summed E-state index contributed by atoms with van der Waals surface area (Å²) in [6.45, 7) is 2.71. The van der Waals surface area contributed by atoms with Crippen LogP contribution in [0.3, 0.4) is 0 Å². The standard InChI is InChI=1S/C17H20N2/c18-11-17-10-15-8-4-5-9-16(15)13-19(17)12-14-6-2-1-3-7-14/h1-9,17H,10-13,18H2/t17-/m0/s1. The van der Waals surface area contributed by atoms with Gasteiger partial charge < -0.3 is 5.73 Å². The minimum absolute atomic E-state index is 0.454. The van der Waals surface area contributed by atoms with E-state index in [2.05, 4.69) is 59.5 Å². The first-order chi connectivity index (χ1) is 9.36. The fraction of sp³-hybridized carbons (Fsp3) is 0.294. The van der Waals surface area contributed by atoms with Crippen LogP contribution in [-0.4, -0.2) is 17.5 Å². The number of hydrogen-bond donors (Lipinski definition) is 1. The molecule has 98 valence electrons. The molecular formula is C17H20N2. The van der Waals surface area contributed by atoms with Crippen molar-refractivity contribution in [1.29, 1.82) is 0 Å². The second-order valence-corrected chi connectivity index (χ2v) is 5.25. The lowest BCUT2D eigenvalue weighted by Crippen LogP contribution is -2.44. The van der Waals surface area contributed by atoms with Crippen LogP contribution in [0.25, 0.3) is 0 Å². The van der Waals surface area contributed by atoms with Crippen LogP contribution in [0.5, 0.6) is 0 Å². The van der Waals surface area contributed by atoms with Crippen LogP contribution >= 0.6 is 0 Å². The van der Waals surface area contributed by atoms with Gasteiger partial charge in [0.05, 0.1) is 0 Å². The van der Waals surface area contributed by atoms with E-state index in [0.29, 0.717) is 6.04 Å². The number of nitrogens with zero attached hydrogens (tertiary/aromatic N) is 1. The van der Waals surface area contributed by atoms with Crippen LogP contribution in [0, 0.1) is 0 Å². The van der Waals surface area contributed by atoms with E-state index in [0.717, 1.165) is 26.1 Å². The molecule has 2 nitrogen and oxygen atoms in total. The molecule has 0 radical (unpaired) electrons. The monoisotopic (exact) mass is 252 g/mol. The first-order valence-electron chi connectivity index (χ1n) is 6.91. The molecule has 0 saturated heterocycles. The third-order valence-corrected chi connectivity index (χ3v) is 3.96. The van der Waals surface area contributed by atoms with Gasteiger partial charge in [-0.2, -0.15) is 0 Å². The maximum Gasteiger partial charge on any atom is 0.0265 e. The highest BCUT2D eigenvalue weighted by Gasteiger charge is 2.24. The largest absolute Gasteiger partial charge is 0.329 e. The van der Waals surface area contributed by atoms with Gasteiger partial charge in [0.1, 0.15) is 0 Å². The highest BCUT2D eigenvalue weighted by atomic mass is 15.2. The third-order valence-electron chi connectivity index (χ3n) is 3.96. The Bertz CT molecular complexity index is 536. The Morgan fingerprint density at radius 1 is 0.947 bits per heavy atom. The van der Waals surface area contributed by atoms with Crippen molar-refractivity contribution >= 4 is 0 Å². The topological polar surface area (TPSA) is 29.3 Å². The van der Waals surface area contributed by atoms with E-state index in [4.69, 9.17) is 5.73 Å². The lowest BCUT2D eigenvalue weighted by Gasteiger charge is -2.36. The predicted molar refractivity (Wildman–Crippen MR) is 78.7 cm³/mol. The second-order valence-electron chi connectivity index (χ2n) is 5.25. The molecule has 0 saturated carbocycles. The molecular weight excluding hydrogens is 232 g/mol. The average Bonchev–Trinajstić information content (AvgIpc) is 2.47. The van der Waals surface area contributed by atoms with Crippen LogP contribution in [0.2, 0.25) is 0 Å². The summed E-state index contributed by atoms with van der Waals surface area (Å²) in [6, 6.07) is 19.8. The smallest absolute Gasteiger partial charge is 0.0265 e. The van der Waals surface area contributed by atoms with Gasteiger partial charge in [0, 0.05) is 25.7 Å². The van der Waals surface area contributed by atoms with Crippen LogP contribution in [0.1, 0.15) is 16.7 Å². The molecule has 3 rings (SSSR count). The Morgan fingerprint density at radius 2 is 1.63 bits per heavy atom. The Balaban J connectivity index is 1.81. The molecule has 1 aliphatic heterocycles. The highest BCUT2D eigenvalue weighted by Crippen LogP contribution is 2.24. The molecule has 0 amide bonds. The molecule has 0 spiro atoms. The van der Waals surface area contributed by atoms with Crippen molar-refractivity contribution < 1.29 is 0 Å². The van der Waals surface area contributed by atoms with E-state index in [1.165, 1.54) is 16.7 Å². The molecule has 0 aromatic heterocycles. The quantitative estimate of drug-likeness (QED) is 0.909. The van der Waals surface area contributed by atoms with E-state index in [-0.39, 0.29) is 0 Å². The van der Waals surface area contributed by atoms with Crippen molar-refractivity contribution in [3.8, 4) is 0 Å². The van der Waals surface area contributed by atoms with Crippen LogP contribution in [0.4, 0.5) is 0 Å². The Morgan fingerprint density at radius 3 is 2.37 bits per heavy atom. The SMILES string of the molecule is NC[C@@H]1Cc2ccccc2CN1Cc1ccccc1. The summed E-state index contributed by atoms with van der Waals surface area (Å²) >= 11 is 0. The molecule has 1 aliphatic rings. The van der Waals surface area contributed by atoms with Gasteiger partial charge in [0.25, 0.3) is 0 Å². The molecule has 19 heavy (non-hydrogen) atoms. The van der Waals surface area contributed by atoms with Crippen molar-refractivity contribution in [2.45, 2.75) is 25.6 Å². The second kappa shape index (κ2) is 5.55. The van der Waals surface area contributed by atoms with Crippen molar-refractivity contribution in [1.82, 2.24) is 4.90 Å². The molecule has 2 aromatic rings. The summed E-state index contributed by atoms with van der Waals surface area (Å²) in [6.07, 6.45) is 1.07. The first kappa shape index (κ1) is 12.4. The summed E-state index contributed by atoms with van der Waals surface area (Å²) < 4.78 is 0. The molecule has 2 heteroatoms. The van der Waals surface area contributed by atoms with Crippen molar-refractivity contribution in [2.75, 3.05) is 6.54 Å². The summed E-state index contributed by atoms with van der Waals surface area (Å²) in [5, 5.41) is 0. The number of hydrogen-bond acceptors (Lipinski definition) is 2. The Labute approximate surface area is 114 Å². The zero-order chi connectivity index (χ0) is 13.1. The lowest BCUT2D eigenvalue weighted by molar-refractivity contribution is 0.167. The molecule has 1 atom stereocenters. The maximum atomic E-state index is 5.96. The van der Waals surface area contributed by atoms with E-state index < -0.39 is 0 Å². The van der Waals surface area contributed by atoms with E-state index in [1.54, 1.807) is 0 Å². The normalized spacial score (nSPS) is 19.1. The zero-order valence-corrected chi connectivity index (χ0v) is 11.1. The number of fused-ring (bicyclic) bond motifs is 1. The van der Waals surface area contributed by atoms with Gasteiger partial charge in [-0.25, -0.2) is 0 Å². The van der Waals surface area contributed by atoms with E-state index >= 15 is 0 Å². The molecule has 0 fully saturated rings. The summed E-state index contributed by atoms with van der Waals surface area (Å²) in [5.74, 6) is 0. The van der Waals surface area contributed by atoms with Crippen LogP contribution in [-0.2, 0) is 19.5 Å². The molecule has 0 unspecified atom stereocenters. The van der Waals surface area contributed by atoms with Gasteiger partial charge in [0.15, 0.2) is 0 Å². The highest BCUT2D eigenvalue weighted by molar-refractivity contribution is 5.30. The predicted octanol–water partition coefficient (Wildman–Crippen LogP) is 2.57. The number of rotatable bonds is 3. The van der Waals surface area contributed by atoms with Crippen molar-refractivity contribution in [2.24, 2.45) is 5.73 Å². The summed E-state index contributed by atoms with van der Waals surface area (Å²) in [4.78, 5) is 2.50. The van der Waals surface area contributed by atoms with E-state index in [1.807, 2.05) is 0 Å². The molecule has 0 aliphatic carbocycles. The van der Waals surface area contributed by atoms with E-state index in [9.17, 15) is 0 Å².